The highest BCUT2D eigenvalue weighted by atomic mass is 19.1. The Morgan fingerprint density at radius 3 is 2.46 bits per heavy atom. The zero-order valence-corrected chi connectivity index (χ0v) is 14.2. The molecule has 0 spiro atoms. The van der Waals surface area contributed by atoms with E-state index < -0.39 is 0 Å². The zero-order chi connectivity index (χ0) is 17.9. The molecule has 6 heteroatoms. The van der Waals surface area contributed by atoms with Crippen LogP contribution in [0.2, 0.25) is 0 Å². The molecule has 2 aromatic heterocycles. The fourth-order valence-electron chi connectivity index (χ4n) is 2.68. The number of hydrogen-bond donors (Lipinski definition) is 2. The van der Waals surface area contributed by atoms with Crippen molar-refractivity contribution in [3.05, 3.63) is 72.0 Å². The van der Waals surface area contributed by atoms with Gasteiger partial charge in [0.1, 0.15) is 11.6 Å². The van der Waals surface area contributed by atoms with E-state index in [1.807, 2.05) is 30.3 Å². The van der Waals surface area contributed by atoms with Gasteiger partial charge in [-0.05, 0) is 48.0 Å². The molecule has 130 valence electrons. The third-order valence-corrected chi connectivity index (χ3v) is 4.10. The van der Waals surface area contributed by atoms with Crippen molar-refractivity contribution < 1.29 is 9.13 Å². The summed E-state index contributed by atoms with van der Waals surface area (Å²) in [6, 6.07) is 18.1. The number of rotatable bonds is 5. The average molecular weight is 348 g/mol. The molecule has 2 heterocycles. The van der Waals surface area contributed by atoms with Gasteiger partial charge in [0.2, 0.25) is 5.88 Å². The van der Waals surface area contributed by atoms with Crippen LogP contribution >= 0.6 is 0 Å². The molecular weight excluding hydrogens is 331 g/mol. The molecule has 5 nitrogen and oxygen atoms in total. The van der Waals surface area contributed by atoms with E-state index in [1.54, 1.807) is 25.3 Å². The van der Waals surface area contributed by atoms with Crippen LogP contribution in [0.4, 0.5) is 10.1 Å². The van der Waals surface area contributed by atoms with E-state index >= 15 is 0 Å². The lowest BCUT2D eigenvalue weighted by Gasteiger charge is -2.07. The van der Waals surface area contributed by atoms with Crippen molar-refractivity contribution in [3.63, 3.8) is 0 Å². The number of benzene rings is 2. The van der Waals surface area contributed by atoms with Crippen LogP contribution in [0.15, 0.2) is 60.7 Å². The Balaban J connectivity index is 1.49. The van der Waals surface area contributed by atoms with Gasteiger partial charge in [0, 0.05) is 23.9 Å². The summed E-state index contributed by atoms with van der Waals surface area (Å²) >= 11 is 0. The Morgan fingerprint density at radius 2 is 1.73 bits per heavy atom. The topological polar surface area (TPSA) is 62.8 Å². The van der Waals surface area contributed by atoms with Gasteiger partial charge in [-0.3, -0.25) is 0 Å². The molecular formula is C20H17FN4O. The molecule has 0 bridgehead atoms. The third kappa shape index (κ3) is 3.35. The first-order valence-electron chi connectivity index (χ1n) is 8.21. The van der Waals surface area contributed by atoms with E-state index in [0.29, 0.717) is 18.1 Å². The van der Waals surface area contributed by atoms with E-state index in [1.165, 1.54) is 12.1 Å². The van der Waals surface area contributed by atoms with Crippen molar-refractivity contribution in [2.24, 2.45) is 0 Å². The number of pyridine rings is 1. The van der Waals surface area contributed by atoms with Crippen molar-refractivity contribution in [2.75, 3.05) is 12.4 Å². The predicted molar refractivity (Wildman–Crippen MR) is 99.6 cm³/mol. The zero-order valence-electron chi connectivity index (χ0n) is 14.2. The summed E-state index contributed by atoms with van der Waals surface area (Å²) in [4.78, 5) is 12.1. The van der Waals surface area contributed by atoms with Crippen molar-refractivity contribution in [3.8, 4) is 17.3 Å². The van der Waals surface area contributed by atoms with Crippen molar-refractivity contribution in [1.29, 1.82) is 0 Å². The monoisotopic (exact) mass is 348 g/mol. The van der Waals surface area contributed by atoms with E-state index in [2.05, 4.69) is 20.3 Å². The summed E-state index contributed by atoms with van der Waals surface area (Å²) in [6.45, 7) is 0.633. The maximum Gasteiger partial charge on any atom is 0.215 e. The maximum absolute atomic E-state index is 12.9. The van der Waals surface area contributed by atoms with Gasteiger partial charge in [0.25, 0.3) is 0 Å². The summed E-state index contributed by atoms with van der Waals surface area (Å²) in [5.74, 6) is 1.07. The van der Waals surface area contributed by atoms with Gasteiger partial charge >= 0.3 is 0 Å². The lowest BCUT2D eigenvalue weighted by atomic mass is 10.2. The summed E-state index contributed by atoms with van der Waals surface area (Å²) in [5.41, 5.74) is 4.45. The number of imidazole rings is 1. The molecule has 0 unspecified atom stereocenters. The number of halogens is 1. The molecule has 4 aromatic rings. The minimum Gasteiger partial charge on any atom is -0.481 e. The van der Waals surface area contributed by atoms with Gasteiger partial charge in [0.15, 0.2) is 5.65 Å². The van der Waals surface area contributed by atoms with Gasteiger partial charge in [-0.1, -0.05) is 12.1 Å². The lowest BCUT2D eigenvalue weighted by molar-refractivity contribution is 0.399. The molecule has 2 N–H and O–H groups in total. The molecule has 0 saturated heterocycles. The maximum atomic E-state index is 12.9. The van der Waals surface area contributed by atoms with Gasteiger partial charge < -0.3 is 15.0 Å². The fourth-order valence-corrected chi connectivity index (χ4v) is 2.68. The molecule has 0 fully saturated rings. The first-order chi connectivity index (χ1) is 12.7. The van der Waals surface area contributed by atoms with Crippen LogP contribution in [0, 0.1) is 5.82 Å². The third-order valence-electron chi connectivity index (χ3n) is 4.10. The molecule has 0 aliphatic heterocycles. The van der Waals surface area contributed by atoms with Gasteiger partial charge in [0.05, 0.1) is 12.6 Å². The number of nitrogens with one attached hydrogen (secondary N) is 2. The summed E-state index contributed by atoms with van der Waals surface area (Å²) in [7, 11) is 1.58. The number of hydrogen-bond acceptors (Lipinski definition) is 4. The summed E-state index contributed by atoms with van der Waals surface area (Å²) < 4.78 is 18.1. The van der Waals surface area contributed by atoms with Crippen LogP contribution in [0.3, 0.4) is 0 Å². The molecule has 0 aliphatic rings. The fraction of sp³-hybridized carbons (Fsp3) is 0.100. The highest BCUT2D eigenvalue weighted by molar-refractivity contribution is 5.76. The van der Waals surface area contributed by atoms with E-state index in [0.717, 1.165) is 28.2 Å². The van der Waals surface area contributed by atoms with Crippen LogP contribution in [0.25, 0.3) is 22.6 Å². The SMILES string of the molecule is COc1ccc2[nH]c(-c3ccc(NCc4ccc(F)cc4)cc3)nc2n1. The Morgan fingerprint density at radius 1 is 0.962 bits per heavy atom. The number of aromatic nitrogens is 3. The molecule has 2 aromatic carbocycles. The standard InChI is InChI=1S/C20H17FN4O/c1-26-18-11-10-17-20(24-18)25-19(23-17)14-4-8-16(9-5-14)22-12-13-2-6-15(21)7-3-13/h2-11,22H,12H2,1H3,(H,23,24,25). The molecule has 0 saturated carbocycles. The number of aromatic amines is 1. The second-order valence-electron chi connectivity index (χ2n) is 5.87. The number of nitrogens with zero attached hydrogens (tertiary/aromatic N) is 2. The van der Waals surface area contributed by atoms with Crippen LogP contribution < -0.4 is 10.1 Å². The smallest absolute Gasteiger partial charge is 0.215 e. The molecule has 4 rings (SSSR count). The van der Waals surface area contributed by atoms with Crippen molar-refractivity contribution >= 4 is 16.9 Å². The molecule has 26 heavy (non-hydrogen) atoms. The minimum atomic E-state index is -0.226. The number of anilines is 1. The van der Waals surface area contributed by atoms with Crippen LogP contribution in [-0.2, 0) is 6.54 Å². The van der Waals surface area contributed by atoms with E-state index in [4.69, 9.17) is 4.74 Å². The summed E-state index contributed by atoms with van der Waals surface area (Å²) in [5, 5.41) is 3.32. The lowest BCUT2D eigenvalue weighted by Crippen LogP contribution is -1.99. The first kappa shape index (κ1) is 16.1. The normalized spacial score (nSPS) is 10.8. The van der Waals surface area contributed by atoms with Crippen molar-refractivity contribution in [1.82, 2.24) is 15.0 Å². The molecule has 0 radical (unpaired) electrons. The Labute approximate surface area is 149 Å². The Bertz CT molecular complexity index is 1030. The Kier molecular flexibility index (Phi) is 4.23. The van der Waals surface area contributed by atoms with E-state index in [-0.39, 0.29) is 5.82 Å². The van der Waals surface area contributed by atoms with Gasteiger partial charge in [-0.25, -0.2) is 9.37 Å². The quantitative estimate of drug-likeness (QED) is 0.562. The number of methoxy groups -OCH3 is 1. The van der Waals surface area contributed by atoms with Crippen LogP contribution in [-0.4, -0.2) is 22.1 Å². The number of ether oxygens (including phenoxy) is 1. The summed E-state index contributed by atoms with van der Waals surface area (Å²) in [6.07, 6.45) is 0. The average Bonchev–Trinajstić information content (AvgIpc) is 3.11. The van der Waals surface area contributed by atoms with E-state index in [9.17, 15) is 4.39 Å². The highest BCUT2D eigenvalue weighted by Crippen LogP contribution is 2.23. The number of H-pyrrole nitrogens is 1. The number of fused-ring (bicyclic) bond motifs is 1. The second kappa shape index (κ2) is 6.84. The molecule has 0 aliphatic carbocycles. The second-order valence-corrected chi connectivity index (χ2v) is 5.87. The van der Waals surface area contributed by atoms with Crippen molar-refractivity contribution in [2.45, 2.75) is 6.54 Å². The van der Waals surface area contributed by atoms with Crippen LogP contribution in [0.1, 0.15) is 5.56 Å². The minimum absolute atomic E-state index is 0.226. The highest BCUT2D eigenvalue weighted by Gasteiger charge is 2.07. The van der Waals surface area contributed by atoms with Gasteiger partial charge in [-0.15, -0.1) is 0 Å². The Hall–Kier alpha value is -3.41. The van der Waals surface area contributed by atoms with Crippen LogP contribution in [0.5, 0.6) is 5.88 Å². The molecule has 0 atom stereocenters. The largest absolute Gasteiger partial charge is 0.481 e. The van der Waals surface area contributed by atoms with Gasteiger partial charge in [-0.2, -0.15) is 4.98 Å². The predicted octanol–water partition coefficient (Wildman–Crippen LogP) is 4.38. The first-order valence-corrected chi connectivity index (χ1v) is 8.21. The molecule has 0 amide bonds.